The molecular formula is C20H22N6O5. The number of amides is 2. The van der Waals surface area contributed by atoms with Crippen LogP contribution in [0.3, 0.4) is 0 Å². The lowest BCUT2D eigenvalue weighted by Crippen LogP contribution is -2.39. The maximum atomic E-state index is 12.9. The van der Waals surface area contributed by atoms with Crippen molar-refractivity contribution in [1.82, 2.24) is 9.97 Å². The molecule has 4 rings (SSSR count). The molecule has 162 valence electrons. The van der Waals surface area contributed by atoms with Gasteiger partial charge >= 0.3 is 0 Å². The summed E-state index contributed by atoms with van der Waals surface area (Å²) in [7, 11) is 0. The largest absolute Gasteiger partial charge is 0.342 e. The van der Waals surface area contributed by atoms with E-state index in [1.807, 2.05) is 4.90 Å². The average molecular weight is 426 g/mol. The first-order chi connectivity index (χ1) is 14.8. The Morgan fingerprint density at radius 3 is 2.74 bits per heavy atom. The third-order valence-electron chi connectivity index (χ3n) is 5.66. The van der Waals surface area contributed by atoms with Crippen molar-refractivity contribution in [2.45, 2.75) is 32.1 Å². The van der Waals surface area contributed by atoms with Gasteiger partial charge in [0, 0.05) is 37.3 Å². The van der Waals surface area contributed by atoms with E-state index in [-0.39, 0.29) is 29.2 Å². The number of carbonyl (C=O) groups is 2. The Balaban J connectivity index is 1.62. The Bertz CT molecular complexity index is 1110. The zero-order valence-corrected chi connectivity index (χ0v) is 16.9. The molecular weight excluding hydrogens is 404 g/mol. The lowest BCUT2D eigenvalue weighted by atomic mass is 9.92. The van der Waals surface area contributed by atoms with Gasteiger partial charge < -0.3 is 15.5 Å². The van der Waals surface area contributed by atoms with E-state index in [9.17, 15) is 24.5 Å². The first-order valence-electron chi connectivity index (χ1n) is 10.1. The molecule has 0 aliphatic carbocycles. The summed E-state index contributed by atoms with van der Waals surface area (Å²) in [5.74, 6) is -1.05. The predicted octanol–water partition coefficient (Wildman–Crippen LogP) is 1.98. The molecule has 3 heterocycles. The summed E-state index contributed by atoms with van der Waals surface area (Å²) < 4.78 is 0. The number of anilines is 3. The van der Waals surface area contributed by atoms with E-state index in [0.29, 0.717) is 11.9 Å². The highest BCUT2D eigenvalue weighted by atomic mass is 16.6. The molecule has 1 fully saturated rings. The smallest absolute Gasteiger partial charge is 0.271 e. The van der Waals surface area contributed by atoms with Gasteiger partial charge in [0.05, 0.1) is 16.4 Å². The second-order valence-electron chi connectivity index (χ2n) is 7.92. The van der Waals surface area contributed by atoms with Crippen LogP contribution in [0.1, 0.15) is 37.7 Å². The topological polar surface area (TPSA) is 150 Å². The number of hydrogen-bond donors (Lipinski definition) is 3. The molecule has 0 spiro atoms. The summed E-state index contributed by atoms with van der Waals surface area (Å²) in [4.78, 5) is 57.5. The lowest BCUT2D eigenvalue weighted by molar-refractivity contribution is -0.384. The van der Waals surface area contributed by atoms with E-state index in [4.69, 9.17) is 0 Å². The van der Waals surface area contributed by atoms with Gasteiger partial charge in [0.25, 0.3) is 11.2 Å². The highest BCUT2D eigenvalue weighted by molar-refractivity contribution is 6.04. The minimum absolute atomic E-state index is 0.0767. The number of nitrogens with one attached hydrogen (secondary N) is 3. The van der Waals surface area contributed by atoms with E-state index in [1.165, 1.54) is 24.3 Å². The Morgan fingerprint density at radius 2 is 2.03 bits per heavy atom. The van der Waals surface area contributed by atoms with Crippen LogP contribution in [0.5, 0.6) is 0 Å². The summed E-state index contributed by atoms with van der Waals surface area (Å²) in [6.45, 7) is 3.66. The van der Waals surface area contributed by atoms with Gasteiger partial charge in [-0.25, -0.2) is 0 Å². The minimum atomic E-state index is -1.06. The Labute approximate surface area is 177 Å². The summed E-state index contributed by atoms with van der Waals surface area (Å²) in [6.07, 6.45) is 1.72. The number of nitro benzene ring substituents is 1. The number of fused-ring (bicyclic) bond motifs is 1. The number of aromatic amines is 1. The van der Waals surface area contributed by atoms with Gasteiger partial charge in [0.15, 0.2) is 0 Å². The van der Waals surface area contributed by atoms with E-state index in [1.54, 1.807) is 0 Å². The monoisotopic (exact) mass is 426 g/mol. The van der Waals surface area contributed by atoms with Gasteiger partial charge in [-0.3, -0.25) is 29.5 Å². The summed E-state index contributed by atoms with van der Waals surface area (Å²) in [6, 6.07) is 5.45. The van der Waals surface area contributed by atoms with Crippen LogP contribution in [0.4, 0.5) is 23.1 Å². The van der Waals surface area contributed by atoms with Gasteiger partial charge in [-0.2, -0.15) is 4.98 Å². The van der Waals surface area contributed by atoms with Gasteiger partial charge in [-0.15, -0.1) is 0 Å². The SMILES string of the molecule is CC1CCN(c2nc3c(c(=O)[nH]2)C(C(=O)Nc2cccc([N+](=O)[O-])c2)CC(=O)N3)CC1. The Morgan fingerprint density at radius 1 is 1.29 bits per heavy atom. The number of rotatable bonds is 4. The normalized spacial score (nSPS) is 18.8. The Kier molecular flexibility index (Phi) is 5.40. The van der Waals surface area contributed by atoms with Crippen LogP contribution in [-0.2, 0) is 9.59 Å². The molecule has 1 unspecified atom stereocenters. The molecule has 2 aliphatic rings. The van der Waals surface area contributed by atoms with Crippen LogP contribution in [0.15, 0.2) is 29.1 Å². The fourth-order valence-electron chi connectivity index (χ4n) is 3.88. The van der Waals surface area contributed by atoms with Crippen molar-refractivity contribution in [2.24, 2.45) is 5.92 Å². The number of nitro groups is 1. The number of non-ortho nitro benzene ring substituents is 1. The highest BCUT2D eigenvalue weighted by Gasteiger charge is 2.35. The van der Waals surface area contributed by atoms with Crippen molar-refractivity contribution in [2.75, 3.05) is 28.6 Å². The van der Waals surface area contributed by atoms with Crippen LogP contribution in [0.2, 0.25) is 0 Å². The molecule has 11 heteroatoms. The zero-order chi connectivity index (χ0) is 22.1. The molecule has 2 aliphatic heterocycles. The average Bonchev–Trinajstić information content (AvgIpc) is 2.73. The molecule has 2 amide bonds. The first-order valence-corrected chi connectivity index (χ1v) is 10.1. The van der Waals surface area contributed by atoms with E-state index < -0.39 is 28.2 Å². The molecule has 1 atom stereocenters. The van der Waals surface area contributed by atoms with E-state index >= 15 is 0 Å². The van der Waals surface area contributed by atoms with Crippen molar-refractivity contribution in [3.63, 3.8) is 0 Å². The fraction of sp³-hybridized carbons (Fsp3) is 0.400. The summed E-state index contributed by atoms with van der Waals surface area (Å²) >= 11 is 0. The number of aromatic nitrogens is 2. The molecule has 0 radical (unpaired) electrons. The lowest BCUT2D eigenvalue weighted by Gasteiger charge is -2.31. The highest BCUT2D eigenvalue weighted by Crippen LogP contribution is 2.31. The number of carbonyl (C=O) groups excluding carboxylic acids is 2. The zero-order valence-electron chi connectivity index (χ0n) is 16.9. The maximum absolute atomic E-state index is 12.9. The van der Waals surface area contributed by atoms with E-state index in [0.717, 1.165) is 25.9 Å². The van der Waals surface area contributed by atoms with Crippen molar-refractivity contribution in [3.8, 4) is 0 Å². The third-order valence-corrected chi connectivity index (χ3v) is 5.66. The van der Waals surface area contributed by atoms with E-state index in [2.05, 4.69) is 27.5 Å². The quantitative estimate of drug-likeness (QED) is 0.499. The van der Waals surface area contributed by atoms with Crippen molar-refractivity contribution in [3.05, 3.63) is 50.3 Å². The van der Waals surface area contributed by atoms with Gasteiger partial charge in [-0.1, -0.05) is 13.0 Å². The molecule has 0 bridgehead atoms. The van der Waals surface area contributed by atoms with Crippen LogP contribution < -0.4 is 21.1 Å². The fourth-order valence-corrected chi connectivity index (χ4v) is 3.88. The van der Waals surface area contributed by atoms with Crippen LogP contribution in [0, 0.1) is 16.0 Å². The molecule has 31 heavy (non-hydrogen) atoms. The van der Waals surface area contributed by atoms with Crippen LogP contribution >= 0.6 is 0 Å². The minimum Gasteiger partial charge on any atom is -0.342 e. The molecule has 1 aromatic heterocycles. The molecule has 1 aromatic carbocycles. The molecule has 1 saturated heterocycles. The number of hydrogen-bond acceptors (Lipinski definition) is 7. The van der Waals surface area contributed by atoms with Crippen molar-refractivity contribution < 1.29 is 14.5 Å². The number of piperidine rings is 1. The molecule has 2 aromatic rings. The first kappa shape index (κ1) is 20.5. The van der Waals surface area contributed by atoms with Crippen LogP contribution in [-0.4, -0.2) is 39.8 Å². The molecule has 3 N–H and O–H groups in total. The molecule has 0 saturated carbocycles. The number of H-pyrrole nitrogens is 1. The summed E-state index contributed by atoms with van der Waals surface area (Å²) in [5.41, 5.74) is -0.385. The standard InChI is InChI=1S/C20H22N6O5/c1-11-5-7-25(8-6-11)20-23-17-16(19(29)24-20)14(10-15(27)22-17)18(28)21-12-3-2-4-13(9-12)26(30)31/h2-4,9,11,14H,5-8,10H2,1H3,(H,21,28)(H2,22,23,24,27,29). The van der Waals surface area contributed by atoms with Crippen LogP contribution in [0.25, 0.3) is 0 Å². The number of benzene rings is 1. The van der Waals surface area contributed by atoms with Crippen molar-refractivity contribution >= 4 is 35.0 Å². The second kappa shape index (κ2) is 8.17. The Hall–Kier alpha value is -3.76. The number of nitrogens with zero attached hydrogens (tertiary/aromatic N) is 3. The summed E-state index contributed by atoms with van der Waals surface area (Å²) in [5, 5.41) is 16.1. The maximum Gasteiger partial charge on any atom is 0.271 e. The second-order valence-corrected chi connectivity index (χ2v) is 7.92. The third kappa shape index (κ3) is 4.25. The van der Waals surface area contributed by atoms with Gasteiger partial charge in [-0.05, 0) is 24.8 Å². The van der Waals surface area contributed by atoms with Gasteiger partial charge in [0.1, 0.15) is 5.82 Å². The predicted molar refractivity (Wildman–Crippen MR) is 113 cm³/mol. The van der Waals surface area contributed by atoms with Gasteiger partial charge in [0.2, 0.25) is 17.8 Å². The van der Waals surface area contributed by atoms with Crippen molar-refractivity contribution in [1.29, 1.82) is 0 Å². The molecule has 11 nitrogen and oxygen atoms in total.